The molecule has 3 N–H and O–H groups in total. The average molecular weight is 499 g/mol. The third-order valence-electron chi connectivity index (χ3n) is 8.65. The number of H-pyrrole nitrogens is 1. The van der Waals surface area contributed by atoms with Crippen LogP contribution in [0.2, 0.25) is 0 Å². The van der Waals surface area contributed by atoms with Crippen molar-refractivity contribution in [3.05, 3.63) is 70.9 Å². The standard InChI is InChI=1S/C30H34N4O3/c1-3-17(2)25(29(36)31-18-10-4-5-11-18)33-28(35)24-16-22-19-12-8-9-15-23(19)32-26(22)27-20-13-6-7-14-21(20)30(37)34(24)27/h6-9,12-15,17-18,24-25,27,32H,3-5,10-11,16H2,1-2H3,(H,31,36)(H,33,35)/t17?,24-,25-,27?/m0/s1. The van der Waals surface area contributed by atoms with Gasteiger partial charge in [0.25, 0.3) is 5.91 Å². The summed E-state index contributed by atoms with van der Waals surface area (Å²) in [6.45, 7) is 4.03. The minimum atomic E-state index is -0.706. The molecule has 3 heterocycles. The van der Waals surface area contributed by atoms with E-state index >= 15 is 0 Å². The van der Waals surface area contributed by atoms with Crippen molar-refractivity contribution in [2.24, 2.45) is 5.92 Å². The van der Waals surface area contributed by atoms with Crippen LogP contribution in [0.5, 0.6) is 0 Å². The summed E-state index contributed by atoms with van der Waals surface area (Å²) in [7, 11) is 0. The van der Waals surface area contributed by atoms with Gasteiger partial charge < -0.3 is 20.5 Å². The van der Waals surface area contributed by atoms with Crippen LogP contribution in [0.4, 0.5) is 0 Å². The summed E-state index contributed by atoms with van der Waals surface area (Å²) >= 11 is 0. The molecule has 1 saturated carbocycles. The van der Waals surface area contributed by atoms with Gasteiger partial charge in [0.1, 0.15) is 12.1 Å². The van der Waals surface area contributed by atoms with Gasteiger partial charge in [-0.2, -0.15) is 0 Å². The fraction of sp³-hybridized carbons (Fsp3) is 0.433. The third kappa shape index (κ3) is 3.92. The number of para-hydroxylation sites is 1. The Labute approximate surface area is 217 Å². The van der Waals surface area contributed by atoms with Crippen molar-refractivity contribution in [1.82, 2.24) is 20.5 Å². The Morgan fingerprint density at radius 3 is 2.59 bits per heavy atom. The maximum atomic E-state index is 14.0. The molecular formula is C30H34N4O3. The normalized spacial score (nSPS) is 22.3. The van der Waals surface area contributed by atoms with Crippen molar-refractivity contribution < 1.29 is 14.4 Å². The van der Waals surface area contributed by atoms with Gasteiger partial charge >= 0.3 is 0 Å². The molecule has 192 valence electrons. The number of aromatic nitrogens is 1. The van der Waals surface area contributed by atoms with E-state index in [1.807, 2.05) is 56.3 Å². The first-order valence-electron chi connectivity index (χ1n) is 13.6. The summed E-state index contributed by atoms with van der Waals surface area (Å²) in [5, 5.41) is 7.33. The van der Waals surface area contributed by atoms with E-state index in [1.165, 1.54) is 0 Å². The molecule has 2 aliphatic heterocycles. The Balaban J connectivity index is 1.36. The molecule has 6 rings (SSSR count). The molecule has 3 amide bonds. The highest BCUT2D eigenvalue weighted by Crippen LogP contribution is 2.46. The van der Waals surface area contributed by atoms with Crippen LogP contribution in [-0.2, 0) is 16.0 Å². The van der Waals surface area contributed by atoms with E-state index in [0.29, 0.717) is 12.0 Å². The number of rotatable bonds is 6. The largest absolute Gasteiger partial charge is 0.356 e. The molecule has 0 bridgehead atoms. The predicted octanol–water partition coefficient (Wildman–Crippen LogP) is 4.23. The second-order valence-corrected chi connectivity index (χ2v) is 10.8. The number of hydrogen-bond donors (Lipinski definition) is 3. The van der Waals surface area contributed by atoms with E-state index in [0.717, 1.165) is 59.8 Å². The van der Waals surface area contributed by atoms with Crippen LogP contribution in [0, 0.1) is 5.92 Å². The SMILES string of the molecule is CCC(C)[C@H](NC(=O)[C@@H]1Cc2c([nH]c3ccccc23)C2c3ccccc3C(=O)N21)C(=O)NC1CCCC1. The van der Waals surface area contributed by atoms with Gasteiger partial charge in [0.05, 0.1) is 6.04 Å². The summed E-state index contributed by atoms with van der Waals surface area (Å²) in [4.78, 5) is 46.2. The second-order valence-electron chi connectivity index (χ2n) is 10.8. The van der Waals surface area contributed by atoms with Gasteiger partial charge in [0, 0.05) is 34.6 Å². The van der Waals surface area contributed by atoms with Gasteiger partial charge in [-0.05, 0) is 42.0 Å². The molecule has 0 radical (unpaired) electrons. The number of carbonyl (C=O) groups excluding carboxylic acids is 3. The van der Waals surface area contributed by atoms with Gasteiger partial charge in [-0.15, -0.1) is 0 Å². The molecule has 1 aliphatic carbocycles. The number of nitrogens with zero attached hydrogens (tertiary/aromatic N) is 1. The van der Waals surface area contributed by atoms with Gasteiger partial charge in [-0.25, -0.2) is 0 Å². The number of carbonyl (C=O) groups is 3. The molecule has 3 aliphatic rings. The predicted molar refractivity (Wildman–Crippen MR) is 142 cm³/mol. The van der Waals surface area contributed by atoms with E-state index in [-0.39, 0.29) is 35.7 Å². The lowest BCUT2D eigenvalue weighted by molar-refractivity contribution is -0.133. The topological polar surface area (TPSA) is 94.3 Å². The molecule has 1 aromatic heterocycles. The maximum absolute atomic E-state index is 14.0. The van der Waals surface area contributed by atoms with Crippen LogP contribution < -0.4 is 10.6 Å². The molecule has 3 aromatic rings. The second kappa shape index (κ2) is 9.36. The zero-order valence-electron chi connectivity index (χ0n) is 21.4. The van der Waals surface area contributed by atoms with Gasteiger partial charge in [-0.3, -0.25) is 14.4 Å². The Kier molecular flexibility index (Phi) is 6.01. The average Bonchev–Trinajstić information content (AvgIpc) is 3.63. The molecule has 7 heteroatoms. The van der Waals surface area contributed by atoms with Crippen LogP contribution in [0.3, 0.4) is 0 Å². The van der Waals surface area contributed by atoms with Crippen molar-refractivity contribution in [2.75, 3.05) is 0 Å². The van der Waals surface area contributed by atoms with Gasteiger partial charge in [0.15, 0.2) is 0 Å². The lowest BCUT2D eigenvalue weighted by Gasteiger charge is -2.38. The Bertz CT molecular complexity index is 1370. The number of amides is 3. The first-order chi connectivity index (χ1) is 18.0. The minimum absolute atomic E-state index is 0.0279. The number of hydrogen-bond acceptors (Lipinski definition) is 3. The lowest BCUT2D eigenvalue weighted by Crippen LogP contribution is -2.58. The Hall–Kier alpha value is -3.61. The Morgan fingerprint density at radius 1 is 1.08 bits per heavy atom. The molecular weight excluding hydrogens is 464 g/mol. The van der Waals surface area contributed by atoms with Crippen LogP contribution in [0.1, 0.15) is 79.2 Å². The third-order valence-corrected chi connectivity index (χ3v) is 8.65. The number of aromatic amines is 1. The zero-order chi connectivity index (χ0) is 25.7. The smallest absolute Gasteiger partial charge is 0.255 e. The molecule has 2 aromatic carbocycles. The van der Waals surface area contributed by atoms with E-state index in [2.05, 4.69) is 21.7 Å². The van der Waals surface area contributed by atoms with Crippen molar-refractivity contribution in [3.8, 4) is 0 Å². The van der Waals surface area contributed by atoms with Gasteiger partial charge in [-0.1, -0.05) is 69.5 Å². The quantitative estimate of drug-likeness (QED) is 0.475. The van der Waals surface area contributed by atoms with Crippen LogP contribution in [0.25, 0.3) is 10.9 Å². The van der Waals surface area contributed by atoms with E-state index in [4.69, 9.17) is 0 Å². The molecule has 7 nitrogen and oxygen atoms in total. The highest BCUT2D eigenvalue weighted by atomic mass is 16.2. The Morgan fingerprint density at radius 2 is 1.81 bits per heavy atom. The molecule has 2 unspecified atom stereocenters. The van der Waals surface area contributed by atoms with E-state index < -0.39 is 12.1 Å². The highest BCUT2D eigenvalue weighted by Gasteiger charge is 2.49. The molecule has 1 fully saturated rings. The number of benzene rings is 2. The van der Waals surface area contributed by atoms with Crippen LogP contribution >= 0.6 is 0 Å². The van der Waals surface area contributed by atoms with Crippen molar-refractivity contribution in [2.45, 2.75) is 76.5 Å². The number of nitrogens with one attached hydrogen (secondary N) is 3. The summed E-state index contributed by atoms with van der Waals surface area (Å²) in [6.07, 6.45) is 5.39. The lowest BCUT2D eigenvalue weighted by atomic mass is 9.89. The monoisotopic (exact) mass is 498 g/mol. The summed E-state index contributed by atoms with van der Waals surface area (Å²) in [5.74, 6) is -0.555. The molecule has 37 heavy (non-hydrogen) atoms. The first-order valence-corrected chi connectivity index (χ1v) is 13.6. The molecule has 0 saturated heterocycles. The van der Waals surface area contributed by atoms with E-state index in [1.54, 1.807) is 4.90 Å². The fourth-order valence-electron chi connectivity index (χ4n) is 6.45. The molecule has 0 spiro atoms. The summed E-state index contributed by atoms with van der Waals surface area (Å²) in [5.41, 5.74) is 4.58. The number of fused-ring (bicyclic) bond motifs is 7. The fourth-order valence-corrected chi connectivity index (χ4v) is 6.45. The molecule has 4 atom stereocenters. The van der Waals surface area contributed by atoms with Crippen molar-refractivity contribution >= 4 is 28.6 Å². The van der Waals surface area contributed by atoms with Crippen molar-refractivity contribution in [1.29, 1.82) is 0 Å². The summed E-state index contributed by atoms with van der Waals surface area (Å²) in [6, 6.07) is 14.2. The minimum Gasteiger partial charge on any atom is -0.356 e. The van der Waals surface area contributed by atoms with Crippen molar-refractivity contribution in [3.63, 3.8) is 0 Å². The van der Waals surface area contributed by atoms with Crippen LogP contribution in [0.15, 0.2) is 48.5 Å². The van der Waals surface area contributed by atoms with Crippen LogP contribution in [-0.4, -0.2) is 45.7 Å². The summed E-state index contributed by atoms with van der Waals surface area (Å²) < 4.78 is 0. The maximum Gasteiger partial charge on any atom is 0.255 e. The zero-order valence-corrected chi connectivity index (χ0v) is 21.4. The van der Waals surface area contributed by atoms with Gasteiger partial charge in [0.2, 0.25) is 11.8 Å². The van der Waals surface area contributed by atoms with E-state index in [9.17, 15) is 14.4 Å². The highest BCUT2D eigenvalue weighted by molar-refractivity contribution is 6.04. The first kappa shape index (κ1) is 23.8.